The molecule has 0 aliphatic carbocycles. The monoisotopic (exact) mass is 377 g/mol. The number of aryl methyl sites for hydroxylation is 1. The first kappa shape index (κ1) is 17.7. The number of rotatable bonds is 7. The van der Waals surface area contributed by atoms with E-state index in [9.17, 15) is 14.5 Å². The fraction of sp³-hybridized carbons (Fsp3) is 0.188. The Balaban J connectivity index is 1.51. The molecule has 1 aromatic carbocycles. The van der Waals surface area contributed by atoms with E-state index in [1.54, 1.807) is 12.1 Å². The lowest BCUT2D eigenvalue weighted by atomic mass is 10.2. The highest BCUT2D eigenvalue weighted by molar-refractivity contribution is 6.33. The molecule has 0 aliphatic rings. The molecule has 2 heterocycles. The van der Waals surface area contributed by atoms with E-state index in [4.69, 9.17) is 16.1 Å². The van der Waals surface area contributed by atoms with Crippen LogP contribution >= 0.6 is 11.6 Å². The Bertz CT molecular complexity index is 917. The SMILES string of the molecule is O=[N+]([O-])c1cnc(NCCCc2nc(-c3ccc(F)cc3)no2)c(Cl)c1. The molecule has 1 N–H and O–H groups in total. The van der Waals surface area contributed by atoms with Crippen LogP contribution in [0.15, 0.2) is 41.1 Å². The lowest BCUT2D eigenvalue weighted by Crippen LogP contribution is -2.05. The highest BCUT2D eigenvalue weighted by Crippen LogP contribution is 2.23. The molecule has 0 unspecified atom stereocenters. The topological polar surface area (TPSA) is 107 Å². The van der Waals surface area contributed by atoms with Gasteiger partial charge < -0.3 is 9.84 Å². The second kappa shape index (κ2) is 7.87. The molecular formula is C16H13ClFN5O3. The summed E-state index contributed by atoms with van der Waals surface area (Å²) >= 11 is 5.95. The fourth-order valence-electron chi connectivity index (χ4n) is 2.18. The molecule has 0 fully saturated rings. The normalized spacial score (nSPS) is 10.7. The predicted octanol–water partition coefficient (Wildman–Crippen LogP) is 3.88. The van der Waals surface area contributed by atoms with Crippen LogP contribution in [-0.4, -0.2) is 26.6 Å². The minimum absolute atomic E-state index is 0.167. The minimum atomic E-state index is -0.559. The Morgan fingerprint density at radius 3 is 2.77 bits per heavy atom. The maximum Gasteiger partial charge on any atom is 0.289 e. The van der Waals surface area contributed by atoms with E-state index in [0.717, 1.165) is 6.20 Å². The van der Waals surface area contributed by atoms with Crippen molar-refractivity contribution in [3.63, 3.8) is 0 Å². The van der Waals surface area contributed by atoms with E-state index in [-0.39, 0.29) is 16.5 Å². The van der Waals surface area contributed by atoms with Crippen LogP contribution in [-0.2, 0) is 6.42 Å². The summed E-state index contributed by atoms with van der Waals surface area (Å²) in [5, 5.41) is 17.7. The molecule has 26 heavy (non-hydrogen) atoms. The van der Waals surface area contributed by atoms with Crippen LogP contribution in [0.3, 0.4) is 0 Å². The van der Waals surface area contributed by atoms with Crippen LogP contribution in [0.4, 0.5) is 15.9 Å². The largest absolute Gasteiger partial charge is 0.369 e. The molecule has 0 radical (unpaired) electrons. The van der Waals surface area contributed by atoms with Gasteiger partial charge in [-0.1, -0.05) is 16.8 Å². The average Bonchev–Trinajstić information content (AvgIpc) is 3.09. The zero-order valence-corrected chi connectivity index (χ0v) is 14.1. The molecule has 0 spiro atoms. The molecule has 0 amide bonds. The Hall–Kier alpha value is -3.07. The number of hydrogen-bond acceptors (Lipinski definition) is 7. The van der Waals surface area contributed by atoms with Crippen molar-refractivity contribution in [2.24, 2.45) is 0 Å². The molecule has 3 rings (SSSR count). The van der Waals surface area contributed by atoms with Crippen LogP contribution < -0.4 is 5.32 Å². The number of halogens is 2. The summed E-state index contributed by atoms with van der Waals surface area (Å²) in [6, 6.07) is 7.05. The molecule has 134 valence electrons. The number of aromatic nitrogens is 3. The predicted molar refractivity (Wildman–Crippen MR) is 92.4 cm³/mol. The van der Waals surface area contributed by atoms with Gasteiger partial charge in [-0.05, 0) is 30.7 Å². The summed E-state index contributed by atoms with van der Waals surface area (Å²) in [5.74, 6) is 0.888. The molecule has 0 atom stereocenters. The Labute approximate surface area is 152 Å². The average molecular weight is 378 g/mol. The summed E-state index contributed by atoms with van der Waals surface area (Å²) in [4.78, 5) is 18.3. The molecule has 0 saturated heterocycles. The highest BCUT2D eigenvalue weighted by Gasteiger charge is 2.11. The zero-order valence-electron chi connectivity index (χ0n) is 13.4. The van der Waals surface area contributed by atoms with Crippen molar-refractivity contribution in [3.8, 4) is 11.4 Å². The van der Waals surface area contributed by atoms with Gasteiger partial charge in [0.2, 0.25) is 11.7 Å². The van der Waals surface area contributed by atoms with Crippen molar-refractivity contribution in [1.29, 1.82) is 0 Å². The van der Waals surface area contributed by atoms with Gasteiger partial charge >= 0.3 is 0 Å². The van der Waals surface area contributed by atoms with E-state index < -0.39 is 4.92 Å². The van der Waals surface area contributed by atoms with E-state index in [1.807, 2.05) is 0 Å². The van der Waals surface area contributed by atoms with E-state index in [1.165, 1.54) is 18.2 Å². The van der Waals surface area contributed by atoms with Crippen molar-refractivity contribution in [2.45, 2.75) is 12.8 Å². The second-order valence-corrected chi connectivity index (χ2v) is 5.74. The Morgan fingerprint density at radius 1 is 1.31 bits per heavy atom. The van der Waals surface area contributed by atoms with Crippen molar-refractivity contribution in [2.75, 3.05) is 11.9 Å². The molecular weight excluding hydrogens is 365 g/mol. The summed E-state index contributed by atoms with van der Waals surface area (Å²) in [6.07, 6.45) is 2.31. The van der Waals surface area contributed by atoms with Crippen molar-refractivity contribution >= 4 is 23.1 Å². The molecule has 8 nitrogen and oxygen atoms in total. The lowest BCUT2D eigenvalue weighted by molar-refractivity contribution is -0.385. The van der Waals surface area contributed by atoms with E-state index in [2.05, 4.69) is 20.4 Å². The van der Waals surface area contributed by atoms with Gasteiger partial charge in [0.15, 0.2) is 0 Å². The lowest BCUT2D eigenvalue weighted by Gasteiger charge is -2.05. The summed E-state index contributed by atoms with van der Waals surface area (Å²) < 4.78 is 18.1. The first-order valence-corrected chi connectivity index (χ1v) is 8.03. The van der Waals surface area contributed by atoms with Gasteiger partial charge in [0.1, 0.15) is 17.8 Å². The van der Waals surface area contributed by atoms with Gasteiger partial charge in [0.05, 0.1) is 9.95 Å². The van der Waals surface area contributed by atoms with E-state index in [0.29, 0.717) is 42.5 Å². The number of nitrogens with one attached hydrogen (secondary N) is 1. The number of anilines is 1. The van der Waals surface area contributed by atoms with Crippen molar-refractivity contribution in [1.82, 2.24) is 15.1 Å². The van der Waals surface area contributed by atoms with Crippen LogP contribution in [0.25, 0.3) is 11.4 Å². The standard InChI is InChI=1S/C16H13ClFN5O3/c17-13-8-12(23(24)25)9-20-16(13)19-7-1-2-14-21-15(22-26-14)10-3-5-11(18)6-4-10/h3-6,8-9H,1-2,7H2,(H,19,20). The number of nitro groups is 1. The quantitative estimate of drug-likeness (QED) is 0.378. The first-order chi connectivity index (χ1) is 12.5. The van der Waals surface area contributed by atoms with Crippen LogP contribution in [0.1, 0.15) is 12.3 Å². The third-order valence-electron chi connectivity index (χ3n) is 3.47. The maximum absolute atomic E-state index is 12.9. The van der Waals surface area contributed by atoms with Crippen LogP contribution in [0.5, 0.6) is 0 Å². The maximum atomic E-state index is 12.9. The smallest absolute Gasteiger partial charge is 0.289 e. The summed E-state index contributed by atoms with van der Waals surface area (Å²) in [6.45, 7) is 0.513. The summed E-state index contributed by atoms with van der Waals surface area (Å²) in [5.41, 5.74) is 0.501. The van der Waals surface area contributed by atoms with E-state index >= 15 is 0 Å². The third-order valence-corrected chi connectivity index (χ3v) is 3.76. The van der Waals surface area contributed by atoms with Gasteiger partial charge in [-0.15, -0.1) is 0 Å². The highest BCUT2D eigenvalue weighted by atomic mass is 35.5. The second-order valence-electron chi connectivity index (χ2n) is 5.33. The molecule has 0 saturated carbocycles. The number of nitrogens with zero attached hydrogens (tertiary/aromatic N) is 4. The number of pyridine rings is 1. The fourth-order valence-corrected chi connectivity index (χ4v) is 2.40. The van der Waals surface area contributed by atoms with Crippen LogP contribution in [0, 0.1) is 15.9 Å². The van der Waals surface area contributed by atoms with Gasteiger partial charge in [-0.2, -0.15) is 4.98 Å². The Morgan fingerprint density at radius 2 is 2.08 bits per heavy atom. The minimum Gasteiger partial charge on any atom is -0.369 e. The number of hydrogen-bond donors (Lipinski definition) is 1. The number of benzene rings is 1. The van der Waals surface area contributed by atoms with Crippen LogP contribution in [0.2, 0.25) is 5.02 Å². The van der Waals surface area contributed by atoms with Gasteiger partial charge in [0.25, 0.3) is 5.69 Å². The van der Waals surface area contributed by atoms with Gasteiger partial charge in [-0.3, -0.25) is 10.1 Å². The molecule has 3 aromatic rings. The third kappa shape index (κ3) is 4.31. The molecule has 2 aromatic heterocycles. The Kier molecular flexibility index (Phi) is 5.37. The first-order valence-electron chi connectivity index (χ1n) is 7.65. The zero-order chi connectivity index (χ0) is 18.5. The molecule has 10 heteroatoms. The van der Waals surface area contributed by atoms with Gasteiger partial charge in [0, 0.05) is 24.6 Å². The van der Waals surface area contributed by atoms with Crippen molar-refractivity contribution < 1.29 is 13.8 Å². The molecule has 0 bridgehead atoms. The van der Waals surface area contributed by atoms with Crippen molar-refractivity contribution in [3.05, 3.63) is 63.4 Å². The summed E-state index contributed by atoms with van der Waals surface area (Å²) in [7, 11) is 0. The van der Waals surface area contributed by atoms with Gasteiger partial charge in [-0.25, -0.2) is 9.37 Å². The molecule has 0 aliphatic heterocycles.